The minimum absolute atomic E-state index is 0.0894. The molecule has 27 heteroatoms. The normalized spacial score (nSPS) is 22.2. The number of likely N-dealkylation sites (tertiary alicyclic amines) is 1. The highest BCUT2D eigenvalue weighted by Gasteiger charge is 2.52. The van der Waals surface area contributed by atoms with E-state index in [-0.39, 0.29) is 68.3 Å². The van der Waals surface area contributed by atoms with Crippen LogP contribution in [-0.4, -0.2) is 163 Å². The van der Waals surface area contributed by atoms with Crippen LogP contribution in [-0.2, 0) is 77.7 Å². The highest BCUT2D eigenvalue weighted by molar-refractivity contribution is 5.98. The Balaban J connectivity index is 0.823. The molecule has 3 aromatic heterocycles. The van der Waals surface area contributed by atoms with Crippen LogP contribution in [0.3, 0.4) is 0 Å². The number of fused-ring (bicyclic) bond motifs is 5. The van der Waals surface area contributed by atoms with Crippen molar-refractivity contribution in [3.05, 3.63) is 106 Å². The standard InChI is InChI=1S/C64H81N11O16/c1-10-64(42-26-48-51-37(24-36-14-11-12-15-43(36)70-51)29-75(48)59(83)41(42)30-88-62(64)85)91-60(84)50(34(6)7)73-57(81)46(25-39-27-65-31-67-39)71-56(80)45(23-33(4)5)69-49(76)28-66-55(79)44(22-32(2)3)72-58(82)47-16-13-21-74(47)63(86)68-38-17-19-40(20-18-38)90-61-53(78)54(87-9)52(77)35(8)89-61/h11-12,14-15,17-20,24,26-27,31-35,44-47,50,52-54,61,77-78H,10,13,16,21-23,25,28-30H2,1-9H3,(H,65,67)(H,66,79)(H,68,86)(H,69,76)(H,71,80)(H,72,82)(H,73,81)/t35-,44+,45-,46-,47-,50-,52+,53+,54+,61?,64+/m1/s1. The number of ether oxygens (including phenoxy) is 5. The minimum atomic E-state index is -2.10. The highest BCUT2D eigenvalue weighted by atomic mass is 16.7. The van der Waals surface area contributed by atoms with E-state index in [1.807, 2.05) is 58.0 Å². The molecule has 488 valence electrons. The Morgan fingerprint density at radius 1 is 0.857 bits per heavy atom. The van der Waals surface area contributed by atoms with Crippen molar-refractivity contribution in [1.29, 1.82) is 0 Å². The van der Waals surface area contributed by atoms with Crippen molar-refractivity contribution < 1.29 is 72.3 Å². The summed E-state index contributed by atoms with van der Waals surface area (Å²) >= 11 is 0. The second kappa shape index (κ2) is 28.6. The third-order valence-corrected chi connectivity index (χ3v) is 16.8. The van der Waals surface area contributed by atoms with Gasteiger partial charge in [0.25, 0.3) is 5.56 Å². The molecule has 91 heavy (non-hydrogen) atoms. The Morgan fingerprint density at radius 2 is 1.56 bits per heavy atom. The monoisotopic (exact) mass is 1260 g/mol. The van der Waals surface area contributed by atoms with E-state index in [0.29, 0.717) is 46.9 Å². The Morgan fingerprint density at radius 3 is 2.23 bits per heavy atom. The van der Waals surface area contributed by atoms with E-state index >= 15 is 0 Å². The summed E-state index contributed by atoms with van der Waals surface area (Å²) in [5.74, 6) is -6.18. The zero-order chi connectivity index (χ0) is 65.6. The van der Waals surface area contributed by atoms with Crippen LogP contribution in [0, 0.1) is 17.8 Å². The first kappa shape index (κ1) is 66.6. The molecule has 7 amide bonds. The molecule has 2 aromatic carbocycles. The number of carbonyl (C=O) groups excluding carboxylic acids is 8. The van der Waals surface area contributed by atoms with Crippen LogP contribution < -0.4 is 42.2 Å². The van der Waals surface area contributed by atoms with Crippen molar-refractivity contribution >= 4 is 64.1 Å². The Bertz CT molecular complexity index is 3580. The topological polar surface area (TPSA) is 362 Å². The van der Waals surface area contributed by atoms with Gasteiger partial charge in [0.2, 0.25) is 41.4 Å². The Kier molecular flexibility index (Phi) is 20.9. The van der Waals surface area contributed by atoms with Crippen LogP contribution in [0.4, 0.5) is 10.5 Å². The number of aliphatic hydroxyl groups is 2. The summed E-state index contributed by atoms with van der Waals surface area (Å²) in [6, 6.07) is 10.7. The van der Waals surface area contributed by atoms with E-state index in [2.05, 4.69) is 41.9 Å². The molecule has 0 radical (unpaired) electrons. The van der Waals surface area contributed by atoms with Crippen LogP contribution in [0.1, 0.15) is 110 Å². The lowest BCUT2D eigenvalue weighted by Crippen LogP contribution is -2.59. The number of hydrogen-bond donors (Lipinski definition) is 9. The van der Waals surface area contributed by atoms with Crippen LogP contribution in [0.5, 0.6) is 5.75 Å². The number of nitrogens with zero attached hydrogens (tertiary/aromatic N) is 4. The number of aromatic nitrogens is 4. The first-order chi connectivity index (χ1) is 43.4. The number of carbonyl (C=O) groups is 8. The van der Waals surface area contributed by atoms with Crippen LogP contribution in [0.15, 0.2) is 78.0 Å². The van der Waals surface area contributed by atoms with E-state index in [4.69, 9.17) is 28.7 Å². The van der Waals surface area contributed by atoms with Gasteiger partial charge in [-0.25, -0.2) is 24.4 Å². The fourth-order valence-electron chi connectivity index (χ4n) is 12.0. The molecule has 7 heterocycles. The molecule has 9 N–H and O–H groups in total. The lowest BCUT2D eigenvalue weighted by molar-refractivity contribution is -0.272. The van der Waals surface area contributed by atoms with Gasteiger partial charge in [-0.05, 0) is 99.2 Å². The molecule has 9 rings (SSSR count). The second-order valence-corrected chi connectivity index (χ2v) is 24.7. The van der Waals surface area contributed by atoms with Crippen molar-refractivity contribution in [2.24, 2.45) is 17.8 Å². The molecule has 4 aliphatic heterocycles. The van der Waals surface area contributed by atoms with E-state index in [0.717, 1.165) is 10.9 Å². The van der Waals surface area contributed by atoms with Gasteiger partial charge in [0, 0.05) is 54.2 Å². The number of methoxy groups -OCH3 is 1. The number of cyclic esters (lactones) is 1. The van der Waals surface area contributed by atoms with Crippen molar-refractivity contribution in [1.82, 2.24) is 51.0 Å². The predicted molar refractivity (Wildman–Crippen MR) is 328 cm³/mol. The van der Waals surface area contributed by atoms with Crippen LogP contribution in [0.25, 0.3) is 22.3 Å². The van der Waals surface area contributed by atoms with E-state index < -0.39 is 132 Å². The number of pyridine rings is 2. The fourth-order valence-corrected chi connectivity index (χ4v) is 12.0. The quantitative estimate of drug-likeness (QED) is 0.0393. The number of anilines is 1. The third-order valence-electron chi connectivity index (χ3n) is 16.8. The molecule has 0 saturated carbocycles. The first-order valence-corrected chi connectivity index (χ1v) is 30.8. The number of urea groups is 1. The summed E-state index contributed by atoms with van der Waals surface area (Å²) in [6.45, 7) is 13.4. The number of aliphatic hydroxyl groups excluding tert-OH is 2. The summed E-state index contributed by atoms with van der Waals surface area (Å²) in [4.78, 5) is 140. The highest BCUT2D eigenvalue weighted by Crippen LogP contribution is 2.41. The van der Waals surface area contributed by atoms with Gasteiger partial charge < -0.3 is 80.2 Å². The molecule has 2 fully saturated rings. The number of rotatable bonds is 24. The molecule has 2 saturated heterocycles. The molecule has 27 nitrogen and oxygen atoms in total. The summed E-state index contributed by atoms with van der Waals surface area (Å²) in [6.07, 6.45) is -1.51. The Hall–Kier alpha value is -8.79. The van der Waals surface area contributed by atoms with Crippen molar-refractivity contribution in [3.63, 3.8) is 0 Å². The van der Waals surface area contributed by atoms with Crippen LogP contribution >= 0.6 is 0 Å². The largest absolute Gasteiger partial charge is 0.462 e. The van der Waals surface area contributed by atoms with Crippen LogP contribution in [0.2, 0.25) is 0 Å². The number of benzene rings is 2. The fraction of sp³-hybridized carbons (Fsp3) is 0.516. The molecular weight excluding hydrogens is 1180 g/mol. The molecule has 0 aliphatic carbocycles. The summed E-state index contributed by atoms with van der Waals surface area (Å²) in [5.41, 5.74) is 1.04. The number of H-pyrrole nitrogens is 1. The third kappa shape index (κ3) is 14.9. The maximum Gasteiger partial charge on any atom is 0.355 e. The lowest BCUT2D eigenvalue weighted by atomic mass is 9.85. The van der Waals surface area contributed by atoms with Crippen molar-refractivity contribution in [2.75, 3.05) is 25.5 Å². The summed E-state index contributed by atoms with van der Waals surface area (Å²) in [7, 11) is 1.36. The zero-order valence-corrected chi connectivity index (χ0v) is 52.4. The maximum absolute atomic E-state index is 14.6. The lowest BCUT2D eigenvalue weighted by Gasteiger charge is -2.40. The van der Waals surface area contributed by atoms with Gasteiger partial charge in [0.1, 0.15) is 60.9 Å². The predicted octanol–water partition coefficient (Wildman–Crippen LogP) is 2.96. The average molecular weight is 1260 g/mol. The molecule has 5 aromatic rings. The van der Waals surface area contributed by atoms with Crippen molar-refractivity contribution in [3.8, 4) is 17.1 Å². The van der Waals surface area contributed by atoms with Gasteiger partial charge in [-0.15, -0.1) is 0 Å². The number of nitrogens with one attached hydrogen (secondary N) is 7. The molecule has 0 bridgehead atoms. The van der Waals surface area contributed by atoms with Gasteiger partial charge in [-0.1, -0.05) is 66.7 Å². The average Bonchev–Trinajstić information content (AvgIpc) is 1.71. The molecule has 1 unspecified atom stereocenters. The number of esters is 2. The number of aromatic amines is 1. The molecule has 0 spiro atoms. The molecular formula is C64H81N11O16. The second-order valence-electron chi connectivity index (χ2n) is 24.7. The SMILES string of the molecule is CC[C@@]1(OC(=O)[C@H](NC(=O)[C@@H](Cc2cnc[nH]2)NC(=O)[C@@H](CC(C)C)NC(=O)CNC(=O)[C@H](CC(C)C)NC(=O)[C@H]2CCCN2C(=O)Nc2ccc(OC3O[C@H](C)[C@H](O)[C@H](OC)[C@@H]3O)cc2)C(C)C)C(=O)OCc2c1cc1n(c2=O)Cc2cc3ccccc3nc2-1. The summed E-state index contributed by atoms with van der Waals surface area (Å²) in [5, 5.41) is 38.2. The van der Waals surface area contributed by atoms with Gasteiger partial charge in [-0.2, -0.15) is 0 Å². The number of amides is 7. The maximum atomic E-state index is 14.6. The van der Waals surface area contributed by atoms with E-state index in [9.17, 15) is 53.4 Å². The molecule has 4 aliphatic rings. The smallest absolute Gasteiger partial charge is 0.355 e. The van der Waals surface area contributed by atoms with Gasteiger partial charge >= 0.3 is 18.0 Å². The first-order valence-electron chi connectivity index (χ1n) is 30.8. The van der Waals surface area contributed by atoms with Gasteiger partial charge in [0.15, 0.2) is 0 Å². The number of imidazole rings is 1. The molecule has 11 atom stereocenters. The number of para-hydroxylation sites is 1. The summed E-state index contributed by atoms with van der Waals surface area (Å²) < 4.78 is 30.1. The van der Waals surface area contributed by atoms with E-state index in [1.165, 1.54) is 24.5 Å². The van der Waals surface area contributed by atoms with E-state index in [1.54, 1.807) is 62.6 Å². The minimum Gasteiger partial charge on any atom is -0.462 e. The number of hydrogen-bond acceptors (Lipinski definition) is 18. The van der Waals surface area contributed by atoms with Crippen molar-refractivity contribution in [2.45, 2.75) is 174 Å². The zero-order valence-electron chi connectivity index (χ0n) is 52.4. The Labute approximate surface area is 525 Å². The van der Waals surface area contributed by atoms with Gasteiger partial charge in [0.05, 0.1) is 48.0 Å². The van der Waals surface area contributed by atoms with Gasteiger partial charge in [-0.3, -0.25) is 28.8 Å².